The number of unbranched alkanes of at least 4 members (excludes halogenated alkanes) is 1. The highest BCUT2D eigenvalue weighted by molar-refractivity contribution is 5.78. The molecule has 0 spiro atoms. The number of nitrogens with zero attached hydrogens (tertiary/aromatic N) is 1. The predicted octanol–water partition coefficient (Wildman–Crippen LogP) is 2.59. The molecule has 1 aliphatic rings. The normalized spacial score (nSPS) is 26.6. The molecule has 0 saturated carbocycles. The van der Waals surface area contributed by atoms with Gasteiger partial charge in [-0.1, -0.05) is 20.8 Å². The van der Waals surface area contributed by atoms with E-state index in [1.165, 1.54) is 13.1 Å². The van der Waals surface area contributed by atoms with Gasteiger partial charge < -0.3 is 15.3 Å². The minimum Gasteiger partial charge on any atom is -0.480 e. The molecule has 2 N–H and O–H groups in total. The molecule has 1 saturated heterocycles. The Balaban J connectivity index is 2.26. The van der Waals surface area contributed by atoms with Crippen LogP contribution in [0, 0.1) is 11.8 Å². The van der Waals surface area contributed by atoms with Crippen molar-refractivity contribution in [2.24, 2.45) is 11.8 Å². The van der Waals surface area contributed by atoms with Crippen LogP contribution in [0.3, 0.4) is 0 Å². The standard InChI is InChI=1S/C16H32N2O2/c1-5-9-17-16(4,15(19)20)8-6-7-10-18-11-13(2)14(3)12-18/h13-14,17H,5-12H2,1-4H3,(H,19,20). The minimum absolute atomic E-state index is 0.710. The van der Waals surface area contributed by atoms with Gasteiger partial charge in [0.15, 0.2) is 0 Å². The molecule has 3 atom stereocenters. The molecule has 1 aliphatic heterocycles. The van der Waals surface area contributed by atoms with E-state index >= 15 is 0 Å². The largest absolute Gasteiger partial charge is 0.480 e. The maximum absolute atomic E-state index is 11.4. The van der Waals surface area contributed by atoms with E-state index in [9.17, 15) is 9.90 Å². The SMILES string of the molecule is CCCNC(C)(CCCCN1CC(C)C(C)C1)C(=O)O. The summed E-state index contributed by atoms with van der Waals surface area (Å²) in [5.41, 5.74) is -0.762. The van der Waals surface area contributed by atoms with Crippen molar-refractivity contribution >= 4 is 5.97 Å². The number of carboxylic acids is 1. The molecule has 0 aromatic rings. The van der Waals surface area contributed by atoms with Crippen LogP contribution in [0.2, 0.25) is 0 Å². The maximum atomic E-state index is 11.4. The number of nitrogens with one attached hydrogen (secondary N) is 1. The first kappa shape index (κ1) is 17.4. The Bertz CT molecular complexity index is 299. The van der Waals surface area contributed by atoms with E-state index in [0.29, 0.717) is 6.42 Å². The van der Waals surface area contributed by atoms with Gasteiger partial charge in [0.2, 0.25) is 0 Å². The quantitative estimate of drug-likeness (QED) is 0.639. The number of hydrogen-bond acceptors (Lipinski definition) is 3. The zero-order valence-corrected chi connectivity index (χ0v) is 13.6. The van der Waals surface area contributed by atoms with Crippen molar-refractivity contribution in [3.63, 3.8) is 0 Å². The topological polar surface area (TPSA) is 52.6 Å². The fourth-order valence-corrected chi connectivity index (χ4v) is 2.92. The molecular weight excluding hydrogens is 252 g/mol. The fraction of sp³-hybridized carbons (Fsp3) is 0.938. The van der Waals surface area contributed by atoms with Gasteiger partial charge in [0, 0.05) is 13.1 Å². The third-order valence-corrected chi connectivity index (χ3v) is 4.70. The average molecular weight is 284 g/mol. The lowest BCUT2D eigenvalue weighted by Gasteiger charge is -2.26. The third kappa shape index (κ3) is 5.06. The van der Waals surface area contributed by atoms with Gasteiger partial charge in [-0.25, -0.2) is 0 Å². The first-order valence-corrected chi connectivity index (χ1v) is 8.10. The summed E-state index contributed by atoms with van der Waals surface area (Å²) in [6.45, 7) is 12.8. The second-order valence-corrected chi connectivity index (χ2v) is 6.74. The van der Waals surface area contributed by atoms with Crippen LogP contribution in [0.4, 0.5) is 0 Å². The summed E-state index contributed by atoms with van der Waals surface area (Å²) in [7, 11) is 0. The molecule has 0 aromatic carbocycles. The van der Waals surface area contributed by atoms with Crippen molar-refractivity contribution in [1.82, 2.24) is 10.2 Å². The highest BCUT2D eigenvalue weighted by atomic mass is 16.4. The van der Waals surface area contributed by atoms with Gasteiger partial charge in [-0.3, -0.25) is 4.79 Å². The maximum Gasteiger partial charge on any atom is 0.323 e. The van der Waals surface area contributed by atoms with E-state index in [-0.39, 0.29) is 0 Å². The molecular formula is C16H32N2O2. The number of carboxylic acid groups (broad SMARTS) is 1. The highest BCUT2D eigenvalue weighted by Crippen LogP contribution is 2.23. The van der Waals surface area contributed by atoms with Gasteiger partial charge in [-0.15, -0.1) is 0 Å². The lowest BCUT2D eigenvalue weighted by Crippen LogP contribution is -2.49. The molecule has 0 aromatic heterocycles. The van der Waals surface area contributed by atoms with E-state index in [4.69, 9.17) is 0 Å². The van der Waals surface area contributed by atoms with E-state index in [1.54, 1.807) is 0 Å². The third-order valence-electron chi connectivity index (χ3n) is 4.70. The van der Waals surface area contributed by atoms with Crippen LogP contribution in [0.1, 0.15) is 53.4 Å². The van der Waals surface area contributed by atoms with Gasteiger partial charge in [0.1, 0.15) is 5.54 Å². The molecule has 20 heavy (non-hydrogen) atoms. The summed E-state index contributed by atoms with van der Waals surface area (Å²) in [5.74, 6) is 0.866. The van der Waals surface area contributed by atoms with E-state index in [1.807, 2.05) is 6.92 Å². The van der Waals surface area contributed by atoms with Crippen LogP contribution in [0.5, 0.6) is 0 Å². The Kier molecular flexibility index (Phi) is 6.96. The van der Waals surface area contributed by atoms with Gasteiger partial charge >= 0.3 is 5.97 Å². The molecule has 0 aliphatic carbocycles. The Hall–Kier alpha value is -0.610. The summed E-state index contributed by atoms with van der Waals surface area (Å²) < 4.78 is 0. The number of aliphatic carboxylic acids is 1. The van der Waals surface area contributed by atoms with Crippen LogP contribution >= 0.6 is 0 Å². The zero-order valence-electron chi connectivity index (χ0n) is 13.6. The van der Waals surface area contributed by atoms with Crippen LogP contribution in [0.25, 0.3) is 0 Å². The van der Waals surface area contributed by atoms with Crippen LogP contribution in [0.15, 0.2) is 0 Å². The van der Waals surface area contributed by atoms with Crippen LogP contribution in [-0.2, 0) is 4.79 Å². The second-order valence-electron chi connectivity index (χ2n) is 6.74. The minimum atomic E-state index is -0.762. The first-order chi connectivity index (χ1) is 9.39. The molecule has 0 bridgehead atoms. The first-order valence-electron chi connectivity index (χ1n) is 8.10. The molecule has 4 heteroatoms. The predicted molar refractivity (Wildman–Crippen MR) is 83.0 cm³/mol. The smallest absolute Gasteiger partial charge is 0.323 e. The van der Waals surface area contributed by atoms with Gasteiger partial charge in [0.05, 0.1) is 0 Å². The van der Waals surface area contributed by atoms with Gasteiger partial charge in [0.25, 0.3) is 0 Å². The number of carbonyl (C=O) groups is 1. The molecule has 1 heterocycles. The average Bonchev–Trinajstić information content (AvgIpc) is 2.71. The summed E-state index contributed by atoms with van der Waals surface area (Å²) >= 11 is 0. The summed E-state index contributed by atoms with van der Waals surface area (Å²) in [6, 6.07) is 0. The van der Waals surface area contributed by atoms with Crippen LogP contribution < -0.4 is 5.32 Å². The lowest BCUT2D eigenvalue weighted by atomic mass is 9.94. The summed E-state index contributed by atoms with van der Waals surface area (Å²) in [4.78, 5) is 13.9. The monoisotopic (exact) mass is 284 g/mol. The molecule has 1 fully saturated rings. The number of likely N-dealkylation sites (tertiary alicyclic amines) is 1. The molecule has 3 unspecified atom stereocenters. The van der Waals surface area contributed by atoms with Crippen molar-refractivity contribution in [2.75, 3.05) is 26.2 Å². The Labute approximate surface area is 123 Å². The van der Waals surface area contributed by atoms with E-state index < -0.39 is 11.5 Å². The van der Waals surface area contributed by atoms with Crippen molar-refractivity contribution in [1.29, 1.82) is 0 Å². The lowest BCUT2D eigenvalue weighted by molar-refractivity contribution is -0.144. The number of hydrogen-bond donors (Lipinski definition) is 2. The Morgan fingerprint density at radius 3 is 2.40 bits per heavy atom. The van der Waals surface area contributed by atoms with Crippen molar-refractivity contribution in [3.8, 4) is 0 Å². The Morgan fingerprint density at radius 2 is 1.90 bits per heavy atom. The van der Waals surface area contributed by atoms with Crippen molar-refractivity contribution in [2.45, 2.75) is 58.9 Å². The Morgan fingerprint density at radius 1 is 1.30 bits per heavy atom. The van der Waals surface area contributed by atoms with Crippen LogP contribution in [-0.4, -0.2) is 47.7 Å². The summed E-state index contributed by atoms with van der Waals surface area (Å²) in [5, 5.41) is 12.5. The second kappa shape index (κ2) is 7.99. The molecule has 1 rings (SSSR count). The fourth-order valence-electron chi connectivity index (χ4n) is 2.92. The number of rotatable bonds is 9. The zero-order chi connectivity index (χ0) is 15.2. The van der Waals surface area contributed by atoms with Gasteiger partial charge in [-0.05, 0) is 57.5 Å². The highest BCUT2D eigenvalue weighted by Gasteiger charge is 2.31. The molecule has 0 amide bonds. The summed E-state index contributed by atoms with van der Waals surface area (Å²) in [6.07, 6.45) is 3.74. The van der Waals surface area contributed by atoms with E-state index in [2.05, 4.69) is 31.0 Å². The van der Waals surface area contributed by atoms with Gasteiger partial charge in [-0.2, -0.15) is 0 Å². The van der Waals surface area contributed by atoms with E-state index in [0.717, 1.165) is 44.2 Å². The molecule has 0 radical (unpaired) electrons. The van der Waals surface area contributed by atoms with Crippen molar-refractivity contribution in [3.05, 3.63) is 0 Å². The molecule has 4 nitrogen and oxygen atoms in total. The molecule has 118 valence electrons. The van der Waals surface area contributed by atoms with Crippen molar-refractivity contribution < 1.29 is 9.90 Å².